The van der Waals surface area contributed by atoms with Crippen LogP contribution in [-0.2, 0) is 16.0 Å². The van der Waals surface area contributed by atoms with Gasteiger partial charge in [0.05, 0.1) is 6.04 Å². The lowest BCUT2D eigenvalue weighted by Crippen LogP contribution is -2.49. The van der Waals surface area contributed by atoms with E-state index in [1.807, 2.05) is 19.9 Å². The van der Waals surface area contributed by atoms with Gasteiger partial charge in [-0.1, -0.05) is 30.3 Å². The first-order valence-corrected chi connectivity index (χ1v) is 8.02. The maximum atomic E-state index is 11.8. The Morgan fingerprint density at radius 2 is 2.00 bits per heavy atom. The van der Waals surface area contributed by atoms with Gasteiger partial charge in [0.1, 0.15) is 5.60 Å². The van der Waals surface area contributed by atoms with Gasteiger partial charge in [0.2, 0.25) is 0 Å². The quantitative estimate of drug-likeness (QED) is 0.782. The maximum absolute atomic E-state index is 11.8. The highest BCUT2D eigenvalue weighted by atomic mass is 16.6. The van der Waals surface area contributed by atoms with E-state index in [4.69, 9.17) is 4.74 Å². The molecule has 4 nitrogen and oxygen atoms in total. The number of amides is 1. The molecule has 0 aromatic heterocycles. The van der Waals surface area contributed by atoms with E-state index in [1.54, 1.807) is 0 Å². The third-order valence-corrected chi connectivity index (χ3v) is 4.07. The molecule has 1 N–H and O–H groups in total. The monoisotopic (exact) mass is 303 g/mol. The van der Waals surface area contributed by atoms with Crippen molar-refractivity contribution in [2.24, 2.45) is 0 Å². The second-order valence-electron chi connectivity index (χ2n) is 6.54. The zero-order valence-corrected chi connectivity index (χ0v) is 13.4. The van der Waals surface area contributed by atoms with Crippen molar-refractivity contribution in [1.82, 2.24) is 5.32 Å². The Kier molecular flexibility index (Phi) is 5.58. The predicted octanol–water partition coefficient (Wildman–Crippen LogP) is 3.64. The first-order valence-electron chi connectivity index (χ1n) is 8.02. The lowest BCUT2D eigenvalue weighted by atomic mass is 9.91. The molecule has 0 unspecified atom stereocenters. The molecule has 4 heteroatoms. The van der Waals surface area contributed by atoms with Crippen molar-refractivity contribution in [3.63, 3.8) is 0 Å². The van der Waals surface area contributed by atoms with E-state index in [1.165, 1.54) is 5.56 Å². The molecule has 1 amide bonds. The molecule has 1 aromatic rings. The minimum atomic E-state index is -0.506. The number of benzene rings is 1. The minimum Gasteiger partial charge on any atom is -0.444 e. The van der Waals surface area contributed by atoms with Crippen molar-refractivity contribution in [3.05, 3.63) is 35.9 Å². The average molecular weight is 303 g/mol. The van der Waals surface area contributed by atoms with E-state index < -0.39 is 11.7 Å². The van der Waals surface area contributed by atoms with Gasteiger partial charge >= 0.3 is 6.09 Å². The summed E-state index contributed by atoms with van der Waals surface area (Å²) in [6, 6.07) is 10.0. The summed E-state index contributed by atoms with van der Waals surface area (Å²) in [6.07, 6.45) is 4.73. The number of aryl methyl sites for hydroxylation is 1. The molecule has 0 bridgehead atoms. The van der Waals surface area contributed by atoms with Crippen molar-refractivity contribution in [1.29, 1.82) is 0 Å². The summed E-state index contributed by atoms with van der Waals surface area (Å²) >= 11 is 0. The van der Waals surface area contributed by atoms with E-state index in [0.29, 0.717) is 6.42 Å². The summed E-state index contributed by atoms with van der Waals surface area (Å²) in [5.41, 5.74) is 0.829. The fourth-order valence-corrected chi connectivity index (χ4v) is 2.56. The van der Waals surface area contributed by atoms with Crippen molar-refractivity contribution in [2.75, 3.05) is 0 Å². The first kappa shape index (κ1) is 16.5. The van der Waals surface area contributed by atoms with Crippen LogP contribution < -0.4 is 5.32 Å². The number of ketones is 1. The Morgan fingerprint density at radius 3 is 2.59 bits per heavy atom. The summed E-state index contributed by atoms with van der Waals surface area (Å²) in [6.45, 7) is 3.83. The number of rotatable bonds is 7. The van der Waals surface area contributed by atoms with Crippen LogP contribution in [0.1, 0.15) is 51.5 Å². The molecule has 1 atom stereocenters. The second-order valence-corrected chi connectivity index (χ2v) is 6.54. The molecule has 1 aliphatic rings. The summed E-state index contributed by atoms with van der Waals surface area (Å²) < 4.78 is 5.44. The fourth-order valence-electron chi connectivity index (χ4n) is 2.56. The normalized spacial score (nSPS) is 17.7. The second kappa shape index (κ2) is 7.43. The van der Waals surface area contributed by atoms with Crippen molar-refractivity contribution >= 4 is 11.9 Å². The van der Waals surface area contributed by atoms with Crippen LogP contribution in [0.25, 0.3) is 0 Å². The fraction of sp³-hybridized carbons (Fsp3) is 0.556. The molecule has 1 fully saturated rings. The topological polar surface area (TPSA) is 55.4 Å². The van der Waals surface area contributed by atoms with E-state index in [2.05, 4.69) is 29.6 Å². The summed E-state index contributed by atoms with van der Waals surface area (Å²) in [5, 5.41) is 2.63. The van der Waals surface area contributed by atoms with Gasteiger partial charge in [0, 0.05) is 6.42 Å². The molecule has 0 saturated heterocycles. The molecule has 1 saturated carbocycles. The highest BCUT2D eigenvalue weighted by molar-refractivity contribution is 5.92. The van der Waals surface area contributed by atoms with Crippen molar-refractivity contribution in [3.8, 4) is 0 Å². The molecule has 0 heterocycles. The van der Waals surface area contributed by atoms with Crippen molar-refractivity contribution < 1.29 is 14.3 Å². The lowest BCUT2D eigenvalue weighted by Gasteiger charge is -2.29. The Hall–Kier alpha value is -1.84. The molecule has 0 spiro atoms. The van der Waals surface area contributed by atoms with Gasteiger partial charge in [0.25, 0.3) is 0 Å². The third-order valence-electron chi connectivity index (χ3n) is 4.07. The Bertz CT molecular complexity index is 510. The standard InChI is InChI=1S/C18H25NO3/c1-18(2,22-17(21)19-15-11-12-16(15)20)13-7-6-10-14-8-4-3-5-9-14/h3-5,8-9,15H,6-7,10-13H2,1-2H3,(H,19,21)/t15-/m0/s1. The van der Waals surface area contributed by atoms with Gasteiger partial charge in [-0.2, -0.15) is 0 Å². The predicted molar refractivity (Wildman–Crippen MR) is 85.7 cm³/mol. The van der Waals surface area contributed by atoms with Gasteiger partial charge in [-0.15, -0.1) is 0 Å². The molecule has 0 aliphatic heterocycles. The largest absolute Gasteiger partial charge is 0.444 e. The zero-order valence-electron chi connectivity index (χ0n) is 13.4. The molecule has 22 heavy (non-hydrogen) atoms. The van der Waals surface area contributed by atoms with Crippen LogP contribution in [0, 0.1) is 0 Å². The smallest absolute Gasteiger partial charge is 0.408 e. The number of unbranched alkanes of at least 4 members (excludes halogenated alkanes) is 1. The van der Waals surface area contributed by atoms with E-state index in [9.17, 15) is 9.59 Å². The Balaban J connectivity index is 1.64. The minimum absolute atomic E-state index is 0.0950. The zero-order chi connectivity index (χ0) is 16.0. The van der Waals surface area contributed by atoms with E-state index >= 15 is 0 Å². The van der Waals surface area contributed by atoms with Crippen LogP contribution in [0.15, 0.2) is 30.3 Å². The molecular formula is C18H25NO3. The number of carbonyl (C=O) groups is 2. The SMILES string of the molecule is CC(C)(CCCCc1ccccc1)OC(=O)N[C@H]1CCC1=O. The molecule has 120 valence electrons. The van der Waals surface area contributed by atoms with Crippen LogP contribution in [0.4, 0.5) is 4.79 Å². The van der Waals surface area contributed by atoms with Gasteiger partial charge in [-0.25, -0.2) is 4.79 Å². The van der Waals surface area contributed by atoms with Gasteiger partial charge in [-0.3, -0.25) is 4.79 Å². The van der Waals surface area contributed by atoms with E-state index in [-0.39, 0.29) is 11.8 Å². The van der Waals surface area contributed by atoms with Crippen LogP contribution in [-0.4, -0.2) is 23.5 Å². The molecular weight excluding hydrogens is 278 g/mol. The summed E-state index contributed by atoms with van der Waals surface area (Å²) in [5.74, 6) is 0.0950. The highest BCUT2D eigenvalue weighted by Crippen LogP contribution is 2.20. The van der Waals surface area contributed by atoms with Crippen LogP contribution in [0.2, 0.25) is 0 Å². The third kappa shape index (κ3) is 5.17. The van der Waals surface area contributed by atoms with Crippen LogP contribution in [0.3, 0.4) is 0 Å². The molecule has 0 radical (unpaired) electrons. The average Bonchev–Trinajstić information content (AvgIpc) is 2.48. The Labute approximate surface area is 132 Å². The van der Waals surface area contributed by atoms with E-state index in [0.717, 1.165) is 32.1 Å². The molecule has 1 aliphatic carbocycles. The highest BCUT2D eigenvalue weighted by Gasteiger charge is 2.31. The number of nitrogens with one attached hydrogen (secondary N) is 1. The lowest BCUT2D eigenvalue weighted by molar-refractivity contribution is -0.126. The number of alkyl carbamates (subject to hydrolysis) is 1. The first-order chi connectivity index (χ1) is 10.5. The molecule has 2 rings (SSSR count). The van der Waals surface area contributed by atoms with Crippen molar-refractivity contribution in [2.45, 2.75) is 64.0 Å². The maximum Gasteiger partial charge on any atom is 0.408 e. The van der Waals surface area contributed by atoms with Crippen LogP contribution >= 0.6 is 0 Å². The number of hydrogen-bond acceptors (Lipinski definition) is 3. The van der Waals surface area contributed by atoms with Gasteiger partial charge < -0.3 is 10.1 Å². The summed E-state index contributed by atoms with van der Waals surface area (Å²) in [7, 11) is 0. The Morgan fingerprint density at radius 1 is 1.27 bits per heavy atom. The summed E-state index contributed by atoms with van der Waals surface area (Å²) in [4.78, 5) is 23.0. The number of ether oxygens (including phenoxy) is 1. The number of Topliss-reactive ketones (excluding diaryl/α,β-unsaturated/α-hetero) is 1. The van der Waals surface area contributed by atoms with Gasteiger partial charge in [-0.05, 0) is 51.5 Å². The van der Waals surface area contributed by atoms with Crippen LogP contribution in [0.5, 0.6) is 0 Å². The number of hydrogen-bond donors (Lipinski definition) is 1. The molecule has 1 aromatic carbocycles. The van der Waals surface area contributed by atoms with Gasteiger partial charge in [0.15, 0.2) is 5.78 Å². The number of carbonyl (C=O) groups excluding carboxylic acids is 2.